The van der Waals surface area contributed by atoms with E-state index in [9.17, 15) is 4.79 Å². The number of hydrogen-bond acceptors (Lipinski definition) is 3. The van der Waals surface area contributed by atoms with Gasteiger partial charge in [0.25, 0.3) is 0 Å². The molecule has 0 radical (unpaired) electrons. The second-order valence-corrected chi connectivity index (χ2v) is 5.65. The molecule has 0 atom stereocenters. The van der Waals surface area contributed by atoms with E-state index in [4.69, 9.17) is 5.73 Å². The van der Waals surface area contributed by atoms with Gasteiger partial charge in [-0.3, -0.25) is 4.79 Å². The van der Waals surface area contributed by atoms with E-state index >= 15 is 0 Å². The quantitative estimate of drug-likeness (QED) is 0.858. The minimum absolute atomic E-state index is 0.0429. The number of hydrogen-bond donors (Lipinski definition) is 2. The number of nitrogens with two attached hydrogens (primary N) is 1. The van der Waals surface area contributed by atoms with Gasteiger partial charge in [0.05, 0.1) is 13.0 Å². The molecule has 1 aromatic heterocycles. The molecule has 0 saturated heterocycles. The molecule has 0 bridgehead atoms. The van der Waals surface area contributed by atoms with Crippen molar-refractivity contribution in [3.05, 3.63) is 57.3 Å². The lowest BCUT2D eigenvalue weighted by Crippen LogP contribution is -2.25. The van der Waals surface area contributed by atoms with E-state index < -0.39 is 0 Å². The molecule has 0 fully saturated rings. The van der Waals surface area contributed by atoms with E-state index in [0.29, 0.717) is 19.5 Å². The molecule has 2 rings (SSSR count). The first-order valence-electron chi connectivity index (χ1n) is 6.83. The zero-order valence-corrected chi connectivity index (χ0v) is 12.5. The smallest absolute Gasteiger partial charge is 0.224 e. The van der Waals surface area contributed by atoms with Crippen LogP contribution in [0.1, 0.15) is 28.5 Å². The normalized spacial score (nSPS) is 10.5. The summed E-state index contributed by atoms with van der Waals surface area (Å²) in [5, 5.41) is 5.06. The van der Waals surface area contributed by atoms with Crippen LogP contribution >= 0.6 is 11.3 Å². The van der Waals surface area contributed by atoms with Crippen molar-refractivity contribution in [2.75, 3.05) is 0 Å². The van der Waals surface area contributed by atoms with E-state index in [-0.39, 0.29) is 5.91 Å². The number of benzene rings is 1. The maximum absolute atomic E-state index is 12.0. The molecule has 0 aliphatic carbocycles. The number of rotatable bonds is 6. The van der Waals surface area contributed by atoms with Crippen molar-refractivity contribution in [1.29, 1.82) is 0 Å². The van der Waals surface area contributed by atoms with Crippen LogP contribution in [0.25, 0.3) is 0 Å². The molecule has 4 heteroatoms. The van der Waals surface area contributed by atoms with Gasteiger partial charge in [0.2, 0.25) is 5.91 Å². The van der Waals surface area contributed by atoms with E-state index in [1.807, 2.05) is 24.3 Å². The zero-order chi connectivity index (χ0) is 14.4. The summed E-state index contributed by atoms with van der Waals surface area (Å²) in [5.41, 5.74) is 9.05. The summed E-state index contributed by atoms with van der Waals surface area (Å²) in [7, 11) is 0. The third kappa shape index (κ3) is 3.68. The molecule has 0 saturated carbocycles. The Bertz CT molecular complexity index is 577. The highest BCUT2D eigenvalue weighted by Crippen LogP contribution is 2.17. The molecule has 1 heterocycles. The van der Waals surface area contributed by atoms with Crippen molar-refractivity contribution in [2.45, 2.75) is 32.9 Å². The second-order valence-electron chi connectivity index (χ2n) is 4.65. The molecular formula is C16H20N2OS. The highest BCUT2D eigenvalue weighted by Gasteiger charge is 2.08. The standard InChI is InChI=1S/C16H20N2OS/c1-2-12-7-8-20-15(12)11-18-16(19)9-13-5-3-4-6-14(13)10-17/h3-8H,2,9-11,17H2,1H3,(H,18,19). The van der Waals surface area contributed by atoms with Crippen molar-refractivity contribution in [3.8, 4) is 0 Å². The third-order valence-corrected chi connectivity index (χ3v) is 4.32. The highest BCUT2D eigenvalue weighted by atomic mass is 32.1. The van der Waals surface area contributed by atoms with Gasteiger partial charge in [-0.1, -0.05) is 31.2 Å². The lowest BCUT2D eigenvalue weighted by atomic mass is 10.0. The van der Waals surface area contributed by atoms with Gasteiger partial charge in [-0.2, -0.15) is 0 Å². The Morgan fingerprint density at radius 1 is 1.20 bits per heavy atom. The Kier molecular flexibility index (Phi) is 5.32. The predicted octanol–water partition coefficient (Wildman–Crippen LogP) is 2.63. The third-order valence-electron chi connectivity index (χ3n) is 3.35. The molecule has 3 nitrogen and oxygen atoms in total. The molecule has 0 aliphatic rings. The van der Waals surface area contributed by atoms with Gasteiger partial charge < -0.3 is 11.1 Å². The van der Waals surface area contributed by atoms with E-state index in [1.54, 1.807) is 11.3 Å². The summed E-state index contributed by atoms with van der Waals surface area (Å²) in [4.78, 5) is 13.3. The predicted molar refractivity (Wildman–Crippen MR) is 83.6 cm³/mol. The van der Waals surface area contributed by atoms with Crippen LogP contribution in [0.5, 0.6) is 0 Å². The van der Waals surface area contributed by atoms with E-state index in [1.165, 1.54) is 10.4 Å². The zero-order valence-electron chi connectivity index (χ0n) is 11.7. The number of nitrogens with one attached hydrogen (secondary N) is 1. The lowest BCUT2D eigenvalue weighted by molar-refractivity contribution is -0.120. The largest absolute Gasteiger partial charge is 0.351 e. The Morgan fingerprint density at radius 3 is 2.65 bits per heavy atom. The Balaban J connectivity index is 1.93. The molecule has 3 N–H and O–H groups in total. The fourth-order valence-electron chi connectivity index (χ4n) is 2.18. The van der Waals surface area contributed by atoms with E-state index in [2.05, 4.69) is 23.7 Å². The van der Waals surface area contributed by atoms with Crippen LogP contribution in [0.15, 0.2) is 35.7 Å². The van der Waals surface area contributed by atoms with Gasteiger partial charge >= 0.3 is 0 Å². The Morgan fingerprint density at radius 2 is 1.95 bits per heavy atom. The number of carbonyl (C=O) groups excluding carboxylic acids is 1. The minimum atomic E-state index is 0.0429. The van der Waals surface area contributed by atoms with Crippen LogP contribution in [0.4, 0.5) is 0 Å². The van der Waals surface area contributed by atoms with Gasteiger partial charge in [-0.05, 0) is 34.6 Å². The summed E-state index contributed by atoms with van der Waals surface area (Å²) >= 11 is 1.70. The maximum atomic E-state index is 12.0. The molecular weight excluding hydrogens is 268 g/mol. The molecule has 20 heavy (non-hydrogen) atoms. The fourth-order valence-corrected chi connectivity index (χ4v) is 3.10. The molecule has 1 aromatic carbocycles. The molecule has 1 amide bonds. The van der Waals surface area contributed by atoms with Crippen LogP contribution < -0.4 is 11.1 Å². The monoisotopic (exact) mass is 288 g/mol. The molecule has 2 aromatic rings. The SMILES string of the molecule is CCc1ccsc1CNC(=O)Cc1ccccc1CN. The average molecular weight is 288 g/mol. The summed E-state index contributed by atoms with van der Waals surface area (Å²) < 4.78 is 0. The maximum Gasteiger partial charge on any atom is 0.224 e. The fraction of sp³-hybridized carbons (Fsp3) is 0.312. The van der Waals surface area contributed by atoms with Gasteiger partial charge in [0.15, 0.2) is 0 Å². The second kappa shape index (κ2) is 7.22. The molecule has 0 spiro atoms. The van der Waals surface area contributed by atoms with Crippen molar-refractivity contribution < 1.29 is 4.79 Å². The average Bonchev–Trinajstić information content (AvgIpc) is 2.93. The summed E-state index contributed by atoms with van der Waals surface area (Å²) in [5.74, 6) is 0.0429. The van der Waals surface area contributed by atoms with Crippen molar-refractivity contribution in [2.24, 2.45) is 5.73 Å². The number of thiophene rings is 1. The van der Waals surface area contributed by atoms with E-state index in [0.717, 1.165) is 17.5 Å². The van der Waals surface area contributed by atoms with Crippen molar-refractivity contribution in [1.82, 2.24) is 5.32 Å². The van der Waals surface area contributed by atoms with Gasteiger partial charge in [-0.15, -0.1) is 11.3 Å². The molecule has 0 unspecified atom stereocenters. The van der Waals surface area contributed by atoms with Gasteiger partial charge in [0, 0.05) is 11.4 Å². The van der Waals surface area contributed by atoms with Crippen LogP contribution in [-0.2, 0) is 30.7 Å². The van der Waals surface area contributed by atoms with Crippen molar-refractivity contribution >= 4 is 17.2 Å². The van der Waals surface area contributed by atoms with Gasteiger partial charge in [0.1, 0.15) is 0 Å². The summed E-state index contributed by atoms with van der Waals surface area (Å²) in [6.45, 7) is 3.21. The Labute approximate surface area is 123 Å². The summed E-state index contributed by atoms with van der Waals surface area (Å²) in [6, 6.07) is 9.94. The minimum Gasteiger partial charge on any atom is -0.351 e. The number of amides is 1. The highest BCUT2D eigenvalue weighted by molar-refractivity contribution is 7.10. The number of carbonyl (C=O) groups is 1. The van der Waals surface area contributed by atoms with Crippen LogP contribution in [0, 0.1) is 0 Å². The first-order valence-corrected chi connectivity index (χ1v) is 7.71. The van der Waals surface area contributed by atoms with Crippen LogP contribution in [0.2, 0.25) is 0 Å². The van der Waals surface area contributed by atoms with Gasteiger partial charge in [-0.25, -0.2) is 0 Å². The summed E-state index contributed by atoms with van der Waals surface area (Å²) in [6.07, 6.45) is 1.39. The Hall–Kier alpha value is -1.65. The molecule has 0 aliphatic heterocycles. The van der Waals surface area contributed by atoms with Crippen molar-refractivity contribution in [3.63, 3.8) is 0 Å². The number of aryl methyl sites for hydroxylation is 1. The van der Waals surface area contributed by atoms with Crippen LogP contribution in [-0.4, -0.2) is 5.91 Å². The lowest BCUT2D eigenvalue weighted by Gasteiger charge is -2.08. The first kappa shape index (κ1) is 14.8. The molecule has 106 valence electrons. The first-order chi connectivity index (χ1) is 9.74. The topological polar surface area (TPSA) is 55.1 Å². The van der Waals surface area contributed by atoms with Crippen LogP contribution in [0.3, 0.4) is 0 Å².